The number of rotatable bonds is 4. The summed E-state index contributed by atoms with van der Waals surface area (Å²) in [7, 11) is 1.94. The van der Waals surface area contributed by atoms with Gasteiger partial charge in [0.25, 0.3) is 0 Å². The number of halogens is 2. The molecule has 2 heterocycles. The first kappa shape index (κ1) is 14.0. The van der Waals surface area contributed by atoms with Gasteiger partial charge in [0.2, 0.25) is 0 Å². The Labute approximate surface area is 130 Å². The van der Waals surface area contributed by atoms with Crippen molar-refractivity contribution in [3.8, 4) is 0 Å². The SMILES string of the molecule is CNC(Cc1ccc(Cl)c(F)c1)c1cc2sccc2s1. The first-order chi connectivity index (χ1) is 9.67. The Kier molecular flexibility index (Phi) is 4.08. The maximum Gasteiger partial charge on any atom is 0.142 e. The molecule has 3 rings (SSSR count). The summed E-state index contributed by atoms with van der Waals surface area (Å²) in [6.07, 6.45) is 0.748. The Bertz CT molecular complexity index is 706. The van der Waals surface area contributed by atoms with E-state index < -0.39 is 0 Å². The molecular formula is C15H13ClFNS2. The Hall–Kier alpha value is -0.940. The lowest BCUT2D eigenvalue weighted by molar-refractivity contribution is 0.592. The monoisotopic (exact) mass is 325 g/mol. The van der Waals surface area contributed by atoms with E-state index in [1.807, 2.05) is 13.1 Å². The van der Waals surface area contributed by atoms with Crippen molar-refractivity contribution in [3.63, 3.8) is 0 Å². The molecule has 0 radical (unpaired) electrons. The van der Waals surface area contributed by atoms with Crippen LogP contribution < -0.4 is 5.32 Å². The van der Waals surface area contributed by atoms with Crippen LogP contribution in [0.15, 0.2) is 35.7 Å². The molecule has 104 valence electrons. The highest BCUT2D eigenvalue weighted by atomic mass is 35.5. The van der Waals surface area contributed by atoms with Crippen LogP contribution in [0.3, 0.4) is 0 Å². The summed E-state index contributed by atoms with van der Waals surface area (Å²) in [5.74, 6) is -0.355. The molecule has 0 saturated carbocycles. The van der Waals surface area contributed by atoms with Gasteiger partial charge in [-0.1, -0.05) is 17.7 Å². The third-order valence-electron chi connectivity index (χ3n) is 3.27. The van der Waals surface area contributed by atoms with E-state index in [1.165, 1.54) is 20.3 Å². The highest BCUT2D eigenvalue weighted by molar-refractivity contribution is 7.26. The molecule has 0 aliphatic rings. The standard InChI is InChI=1S/C15H13ClFNS2/c1-18-12(7-9-2-3-10(16)11(17)6-9)14-8-15-13(20-14)4-5-19-15/h2-6,8,12,18H,7H2,1H3. The molecule has 0 aliphatic carbocycles. The van der Waals surface area contributed by atoms with Crippen LogP contribution in [-0.4, -0.2) is 7.05 Å². The van der Waals surface area contributed by atoms with Crippen molar-refractivity contribution in [1.82, 2.24) is 5.32 Å². The second-order valence-electron chi connectivity index (χ2n) is 4.59. The zero-order valence-electron chi connectivity index (χ0n) is 10.8. The van der Waals surface area contributed by atoms with E-state index in [4.69, 9.17) is 11.6 Å². The fourth-order valence-electron chi connectivity index (χ4n) is 2.20. The molecule has 0 spiro atoms. The predicted octanol–water partition coefficient (Wildman–Crippen LogP) is 5.26. The van der Waals surface area contributed by atoms with Crippen LogP contribution in [0.4, 0.5) is 4.39 Å². The number of hydrogen-bond donors (Lipinski definition) is 1. The molecule has 1 unspecified atom stereocenters. The van der Waals surface area contributed by atoms with Crippen LogP contribution in [0.5, 0.6) is 0 Å². The molecule has 2 aromatic heterocycles. The number of fused-ring (bicyclic) bond motifs is 1. The van der Waals surface area contributed by atoms with Gasteiger partial charge in [0.1, 0.15) is 5.82 Å². The lowest BCUT2D eigenvalue weighted by Gasteiger charge is -2.14. The lowest BCUT2D eigenvalue weighted by atomic mass is 10.0. The smallest absolute Gasteiger partial charge is 0.142 e. The van der Waals surface area contributed by atoms with Gasteiger partial charge in [0.15, 0.2) is 0 Å². The maximum absolute atomic E-state index is 13.5. The van der Waals surface area contributed by atoms with Gasteiger partial charge in [0, 0.05) is 20.3 Å². The summed E-state index contributed by atoms with van der Waals surface area (Å²) in [6, 6.07) is 9.57. The number of nitrogens with one attached hydrogen (secondary N) is 1. The Morgan fingerprint density at radius 1 is 1.25 bits per heavy atom. The van der Waals surface area contributed by atoms with Crippen molar-refractivity contribution in [3.05, 3.63) is 57.0 Å². The Balaban J connectivity index is 1.86. The highest BCUT2D eigenvalue weighted by Crippen LogP contribution is 2.34. The molecule has 5 heteroatoms. The molecule has 0 fully saturated rings. The molecule has 0 bridgehead atoms. The fourth-order valence-corrected chi connectivity index (χ4v) is 4.55. The number of thiophene rings is 2. The summed E-state index contributed by atoms with van der Waals surface area (Å²) < 4.78 is 16.1. The maximum atomic E-state index is 13.5. The summed E-state index contributed by atoms with van der Waals surface area (Å²) in [4.78, 5) is 1.28. The van der Waals surface area contributed by atoms with E-state index in [1.54, 1.807) is 28.7 Å². The van der Waals surface area contributed by atoms with Crippen LogP contribution in [-0.2, 0) is 6.42 Å². The summed E-state index contributed by atoms with van der Waals surface area (Å²) in [5, 5.41) is 5.59. The van der Waals surface area contributed by atoms with Crippen LogP contribution in [0.2, 0.25) is 5.02 Å². The van der Waals surface area contributed by atoms with Gasteiger partial charge in [-0.2, -0.15) is 0 Å². The van der Waals surface area contributed by atoms with Crippen molar-refractivity contribution in [2.24, 2.45) is 0 Å². The molecule has 0 amide bonds. The topological polar surface area (TPSA) is 12.0 Å². The number of benzene rings is 1. The first-order valence-corrected chi connectivity index (χ1v) is 8.33. The number of likely N-dealkylation sites (N-methyl/N-ethyl adjacent to an activating group) is 1. The minimum atomic E-state index is -0.355. The summed E-state index contributed by atoms with van der Waals surface area (Å²) in [5.41, 5.74) is 0.947. The van der Waals surface area contributed by atoms with Crippen molar-refractivity contribution >= 4 is 43.7 Å². The van der Waals surface area contributed by atoms with E-state index in [2.05, 4.69) is 22.8 Å². The average molecular weight is 326 g/mol. The molecule has 20 heavy (non-hydrogen) atoms. The molecule has 0 aliphatic heterocycles. The van der Waals surface area contributed by atoms with Crippen molar-refractivity contribution < 1.29 is 4.39 Å². The molecule has 1 atom stereocenters. The highest BCUT2D eigenvalue weighted by Gasteiger charge is 2.15. The van der Waals surface area contributed by atoms with Crippen LogP contribution in [0, 0.1) is 5.82 Å². The van der Waals surface area contributed by atoms with Crippen molar-refractivity contribution in [2.45, 2.75) is 12.5 Å². The minimum absolute atomic E-state index is 0.173. The Morgan fingerprint density at radius 3 is 2.80 bits per heavy atom. The average Bonchev–Trinajstić information content (AvgIpc) is 3.01. The van der Waals surface area contributed by atoms with Gasteiger partial charge >= 0.3 is 0 Å². The third-order valence-corrected chi connectivity index (χ3v) is 5.79. The molecule has 1 nitrogen and oxygen atoms in total. The number of hydrogen-bond acceptors (Lipinski definition) is 3. The second-order valence-corrected chi connectivity index (χ2v) is 7.06. The van der Waals surface area contributed by atoms with E-state index in [0.29, 0.717) is 0 Å². The molecule has 1 N–H and O–H groups in total. The quantitative estimate of drug-likeness (QED) is 0.690. The van der Waals surface area contributed by atoms with E-state index in [-0.39, 0.29) is 16.9 Å². The molecular weight excluding hydrogens is 313 g/mol. The van der Waals surface area contributed by atoms with Gasteiger partial charge in [-0.25, -0.2) is 4.39 Å². The minimum Gasteiger partial charge on any atom is -0.312 e. The van der Waals surface area contributed by atoms with Crippen molar-refractivity contribution in [2.75, 3.05) is 7.05 Å². The van der Waals surface area contributed by atoms with Gasteiger partial charge in [-0.05, 0) is 48.7 Å². The second kappa shape index (κ2) is 5.82. The van der Waals surface area contributed by atoms with E-state index in [0.717, 1.165) is 12.0 Å². The lowest BCUT2D eigenvalue weighted by Crippen LogP contribution is -2.17. The summed E-state index contributed by atoms with van der Waals surface area (Å²) in [6.45, 7) is 0. The zero-order valence-corrected chi connectivity index (χ0v) is 13.2. The first-order valence-electron chi connectivity index (χ1n) is 6.25. The third kappa shape index (κ3) is 2.74. The van der Waals surface area contributed by atoms with Gasteiger partial charge < -0.3 is 5.32 Å². The van der Waals surface area contributed by atoms with Gasteiger partial charge in [-0.3, -0.25) is 0 Å². The van der Waals surface area contributed by atoms with Gasteiger partial charge in [0.05, 0.1) is 5.02 Å². The normalized spacial score (nSPS) is 12.9. The molecule has 3 aromatic rings. The molecule has 0 saturated heterocycles. The van der Waals surface area contributed by atoms with Crippen LogP contribution >= 0.6 is 34.3 Å². The largest absolute Gasteiger partial charge is 0.312 e. The van der Waals surface area contributed by atoms with Gasteiger partial charge in [-0.15, -0.1) is 22.7 Å². The van der Waals surface area contributed by atoms with Crippen molar-refractivity contribution in [1.29, 1.82) is 0 Å². The predicted molar refractivity (Wildman–Crippen MR) is 86.6 cm³/mol. The van der Waals surface area contributed by atoms with Crippen LogP contribution in [0.1, 0.15) is 16.5 Å². The zero-order chi connectivity index (χ0) is 14.1. The molecule has 1 aromatic carbocycles. The Morgan fingerprint density at radius 2 is 2.10 bits per heavy atom. The fraction of sp³-hybridized carbons (Fsp3) is 0.200. The van der Waals surface area contributed by atoms with E-state index in [9.17, 15) is 4.39 Å². The van der Waals surface area contributed by atoms with Crippen LogP contribution in [0.25, 0.3) is 9.40 Å². The van der Waals surface area contributed by atoms with E-state index >= 15 is 0 Å². The summed E-state index contributed by atoms with van der Waals surface area (Å²) >= 11 is 9.26.